The topological polar surface area (TPSA) is 51.2 Å². The smallest absolute Gasteiger partial charge is 0.206 e. The molecule has 126 valence electrons. The molecule has 0 saturated heterocycles. The fourth-order valence-corrected chi connectivity index (χ4v) is 3.82. The fraction of sp³-hybridized carbons (Fsp3) is 0. The van der Waals surface area contributed by atoms with E-state index < -0.39 is 9.84 Å². The fourth-order valence-electron chi connectivity index (χ4n) is 2.30. The second-order valence-electron chi connectivity index (χ2n) is 5.32. The molecule has 0 unspecified atom stereocenters. The summed E-state index contributed by atoms with van der Waals surface area (Å²) in [5.41, 5.74) is 0.884. The molecule has 0 amide bonds. The predicted molar refractivity (Wildman–Crippen MR) is 98.2 cm³/mol. The predicted octanol–water partition coefficient (Wildman–Crippen LogP) is 5.06. The maximum Gasteiger partial charge on any atom is 0.206 e. The molecule has 3 rings (SSSR count). The third-order valence-corrected chi connectivity index (χ3v) is 5.95. The lowest BCUT2D eigenvalue weighted by atomic mass is 10.0. The van der Waals surface area contributed by atoms with Crippen molar-refractivity contribution in [2.75, 3.05) is 0 Å². The minimum absolute atomic E-state index is 0.113. The first-order chi connectivity index (χ1) is 11.9. The van der Waals surface area contributed by atoms with Crippen LogP contribution in [-0.2, 0) is 9.84 Å². The molecule has 0 bridgehead atoms. The highest BCUT2D eigenvalue weighted by Crippen LogP contribution is 2.23. The third-order valence-electron chi connectivity index (χ3n) is 3.66. The van der Waals surface area contributed by atoms with Crippen molar-refractivity contribution in [3.05, 3.63) is 94.0 Å². The van der Waals surface area contributed by atoms with Gasteiger partial charge in [-0.2, -0.15) is 0 Å². The van der Waals surface area contributed by atoms with Crippen molar-refractivity contribution in [1.29, 1.82) is 0 Å². The van der Waals surface area contributed by atoms with Crippen LogP contribution in [0.3, 0.4) is 0 Å². The number of hydrogen-bond donors (Lipinski definition) is 0. The van der Waals surface area contributed by atoms with Gasteiger partial charge in [-0.1, -0.05) is 23.2 Å². The number of halogens is 2. The number of ketones is 1. The Balaban J connectivity index is 1.90. The van der Waals surface area contributed by atoms with Crippen molar-refractivity contribution < 1.29 is 13.2 Å². The van der Waals surface area contributed by atoms with Crippen LogP contribution >= 0.6 is 23.2 Å². The van der Waals surface area contributed by atoms with E-state index in [-0.39, 0.29) is 15.6 Å². The molecule has 0 aliphatic rings. The van der Waals surface area contributed by atoms with Crippen molar-refractivity contribution in [2.24, 2.45) is 0 Å². The first-order valence-corrected chi connectivity index (χ1v) is 9.53. The molecule has 3 aromatic rings. The SMILES string of the molecule is O=C(c1ccc(Cl)cc1)c1ccc(S(=O)(=O)c2ccc(Cl)cc2)cc1. The monoisotopic (exact) mass is 390 g/mol. The highest BCUT2D eigenvalue weighted by Gasteiger charge is 2.18. The Bertz CT molecular complexity index is 1010. The van der Waals surface area contributed by atoms with Crippen molar-refractivity contribution >= 4 is 38.8 Å². The van der Waals surface area contributed by atoms with Crippen LogP contribution in [0.5, 0.6) is 0 Å². The number of carbonyl (C=O) groups is 1. The molecule has 0 heterocycles. The van der Waals surface area contributed by atoms with Gasteiger partial charge in [-0.25, -0.2) is 8.42 Å². The van der Waals surface area contributed by atoms with Crippen LogP contribution in [0.1, 0.15) is 15.9 Å². The highest BCUT2D eigenvalue weighted by molar-refractivity contribution is 7.91. The van der Waals surface area contributed by atoms with E-state index in [0.717, 1.165) is 0 Å². The summed E-state index contributed by atoms with van der Waals surface area (Å²) in [6, 6.07) is 18.3. The summed E-state index contributed by atoms with van der Waals surface area (Å²) in [7, 11) is -3.66. The summed E-state index contributed by atoms with van der Waals surface area (Å²) in [6.45, 7) is 0. The molecule has 25 heavy (non-hydrogen) atoms. The number of hydrogen-bond acceptors (Lipinski definition) is 3. The largest absolute Gasteiger partial charge is 0.289 e. The van der Waals surface area contributed by atoms with Gasteiger partial charge in [-0.15, -0.1) is 0 Å². The van der Waals surface area contributed by atoms with Crippen LogP contribution in [0, 0.1) is 0 Å². The van der Waals surface area contributed by atoms with Gasteiger partial charge in [0.05, 0.1) is 9.79 Å². The van der Waals surface area contributed by atoms with Crippen molar-refractivity contribution in [2.45, 2.75) is 9.79 Å². The summed E-state index contributed by atoms with van der Waals surface area (Å²) >= 11 is 11.6. The maximum atomic E-state index is 12.6. The standard InChI is InChI=1S/C19H12Cl2O3S/c20-15-5-1-13(2-6-15)19(22)14-3-9-17(10-4-14)25(23,24)18-11-7-16(21)8-12-18/h1-12H. The van der Waals surface area contributed by atoms with E-state index in [1.54, 1.807) is 24.3 Å². The first kappa shape index (κ1) is 17.7. The Hall–Kier alpha value is -2.14. The Kier molecular flexibility index (Phi) is 4.95. The normalized spacial score (nSPS) is 11.3. The molecule has 0 aliphatic carbocycles. The zero-order chi connectivity index (χ0) is 18.0. The third kappa shape index (κ3) is 3.76. The quantitative estimate of drug-likeness (QED) is 0.585. The first-order valence-electron chi connectivity index (χ1n) is 7.29. The Morgan fingerprint density at radius 3 is 1.36 bits per heavy atom. The van der Waals surface area contributed by atoms with Crippen LogP contribution in [0.4, 0.5) is 0 Å². The molecule has 3 nitrogen and oxygen atoms in total. The second kappa shape index (κ2) is 7.00. The van der Waals surface area contributed by atoms with E-state index >= 15 is 0 Å². The number of carbonyl (C=O) groups excluding carboxylic acids is 1. The van der Waals surface area contributed by atoms with Crippen LogP contribution in [0.25, 0.3) is 0 Å². The van der Waals surface area contributed by atoms with Crippen molar-refractivity contribution in [3.63, 3.8) is 0 Å². The van der Waals surface area contributed by atoms with E-state index in [4.69, 9.17) is 23.2 Å². The molecule has 0 radical (unpaired) electrons. The highest BCUT2D eigenvalue weighted by atomic mass is 35.5. The van der Waals surface area contributed by atoms with E-state index in [1.165, 1.54) is 48.5 Å². The Morgan fingerprint density at radius 2 is 0.920 bits per heavy atom. The summed E-state index contributed by atoms with van der Waals surface area (Å²) in [6.07, 6.45) is 0. The van der Waals surface area contributed by atoms with Gasteiger partial charge < -0.3 is 0 Å². The Labute approximate surface area is 155 Å². The molecule has 6 heteroatoms. The van der Waals surface area contributed by atoms with Crippen molar-refractivity contribution in [3.8, 4) is 0 Å². The minimum Gasteiger partial charge on any atom is -0.289 e. The number of sulfone groups is 1. The van der Waals surface area contributed by atoms with E-state index in [1.807, 2.05) is 0 Å². The summed E-state index contributed by atoms with van der Waals surface area (Å²) in [4.78, 5) is 12.7. The zero-order valence-corrected chi connectivity index (χ0v) is 15.1. The van der Waals surface area contributed by atoms with Gasteiger partial charge in [-0.05, 0) is 72.8 Å². The van der Waals surface area contributed by atoms with Gasteiger partial charge in [-0.3, -0.25) is 4.79 Å². The molecule has 3 aromatic carbocycles. The van der Waals surface area contributed by atoms with Gasteiger partial charge in [0.2, 0.25) is 9.84 Å². The van der Waals surface area contributed by atoms with Gasteiger partial charge in [0.15, 0.2) is 5.78 Å². The van der Waals surface area contributed by atoms with Crippen molar-refractivity contribution in [1.82, 2.24) is 0 Å². The van der Waals surface area contributed by atoms with Gasteiger partial charge in [0.25, 0.3) is 0 Å². The molecule has 0 saturated carbocycles. The average Bonchev–Trinajstić information content (AvgIpc) is 2.62. The van der Waals surface area contributed by atoms with Crippen LogP contribution in [-0.4, -0.2) is 14.2 Å². The number of benzene rings is 3. The molecule has 0 fully saturated rings. The molecule has 0 aromatic heterocycles. The summed E-state index contributed by atoms with van der Waals surface area (Å²) in [5.74, 6) is -0.202. The minimum atomic E-state index is -3.66. The Morgan fingerprint density at radius 1 is 0.600 bits per heavy atom. The van der Waals surface area contributed by atoms with Gasteiger partial charge in [0.1, 0.15) is 0 Å². The lowest BCUT2D eigenvalue weighted by Crippen LogP contribution is -2.04. The molecule has 0 N–H and O–H groups in total. The lowest BCUT2D eigenvalue weighted by molar-refractivity contribution is 0.103. The van der Waals surface area contributed by atoms with Gasteiger partial charge >= 0.3 is 0 Å². The summed E-state index contributed by atoms with van der Waals surface area (Å²) in [5, 5.41) is 1.00. The molecule has 0 atom stereocenters. The number of rotatable bonds is 4. The van der Waals surface area contributed by atoms with Crippen LogP contribution < -0.4 is 0 Å². The van der Waals surface area contributed by atoms with Gasteiger partial charge in [0, 0.05) is 21.2 Å². The average molecular weight is 391 g/mol. The molecule has 0 spiro atoms. The van der Waals surface area contributed by atoms with E-state index in [2.05, 4.69) is 0 Å². The lowest BCUT2D eigenvalue weighted by Gasteiger charge is -2.06. The molecular weight excluding hydrogens is 379 g/mol. The van der Waals surface area contributed by atoms with E-state index in [0.29, 0.717) is 21.2 Å². The maximum absolute atomic E-state index is 12.6. The molecule has 0 aliphatic heterocycles. The van der Waals surface area contributed by atoms with Crippen LogP contribution in [0.2, 0.25) is 10.0 Å². The second-order valence-corrected chi connectivity index (χ2v) is 8.14. The molecular formula is C19H12Cl2O3S. The van der Waals surface area contributed by atoms with Crippen LogP contribution in [0.15, 0.2) is 82.6 Å². The summed E-state index contributed by atoms with van der Waals surface area (Å²) < 4.78 is 25.2. The zero-order valence-electron chi connectivity index (χ0n) is 12.8. The van der Waals surface area contributed by atoms with E-state index in [9.17, 15) is 13.2 Å².